The van der Waals surface area contributed by atoms with E-state index in [4.69, 9.17) is 0 Å². The molecular weight excluding hydrogens is 210 g/mol. The number of hydrogen-bond donors (Lipinski definition) is 1. The average molecular weight is 225 g/mol. The number of benzene rings is 1. The molecule has 82 valence electrons. The first-order valence-corrected chi connectivity index (χ1v) is 6.41. The lowest BCUT2D eigenvalue weighted by atomic mass is 10.3. The molecule has 1 aromatic rings. The fourth-order valence-electron chi connectivity index (χ4n) is 1.10. The minimum absolute atomic E-state index is 0.0806. The van der Waals surface area contributed by atoms with Crippen molar-refractivity contribution in [3.63, 3.8) is 0 Å². The highest BCUT2D eigenvalue weighted by atomic mass is 32.2. The van der Waals surface area contributed by atoms with Gasteiger partial charge in [0.25, 0.3) is 0 Å². The van der Waals surface area contributed by atoms with Gasteiger partial charge >= 0.3 is 0 Å². The molecule has 0 fully saturated rings. The quantitative estimate of drug-likeness (QED) is 0.830. The van der Waals surface area contributed by atoms with Gasteiger partial charge in [-0.2, -0.15) is 0 Å². The van der Waals surface area contributed by atoms with Crippen LogP contribution >= 0.6 is 0 Å². The van der Waals surface area contributed by atoms with Crippen molar-refractivity contribution in [2.24, 2.45) is 0 Å². The van der Waals surface area contributed by atoms with Crippen molar-refractivity contribution in [1.29, 1.82) is 0 Å². The Labute approximate surface area is 92.3 Å². The normalized spacial score (nSPS) is 12.1. The summed E-state index contributed by atoms with van der Waals surface area (Å²) in [6.45, 7) is 1.85. The number of carbonyl (C=O) groups excluding carboxylic acids is 1. The number of rotatable bonds is 5. The molecule has 0 saturated carbocycles. The maximum absolute atomic E-state index is 11.4. The van der Waals surface area contributed by atoms with E-state index in [1.807, 2.05) is 37.3 Å². The van der Waals surface area contributed by atoms with E-state index in [2.05, 4.69) is 5.32 Å². The molecule has 3 nitrogen and oxygen atoms in total. The first-order valence-electron chi connectivity index (χ1n) is 4.92. The molecule has 1 amide bonds. The minimum Gasteiger partial charge on any atom is -0.326 e. The third-order valence-corrected chi connectivity index (χ3v) is 3.24. The second-order valence-corrected chi connectivity index (χ2v) is 4.96. The summed E-state index contributed by atoms with van der Waals surface area (Å²) in [5.41, 5.74) is 0.782. The maximum Gasteiger partial charge on any atom is 0.225 e. The molecule has 1 atom stereocenters. The molecule has 1 unspecified atom stereocenters. The van der Waals surface area contributed by atoms with Gasteiger partial charge in [-0.25, -0.2) is 0 Å². The summed E-state index contributed by atoms with van der Waals surface area (Å²) >= 11 is 0. The van der Waals surface area contributed by atoms with Crippen LogP contribution in [0.4, 0.5) is 5.69 Å². The maximum atomic E-state index is 11.4. The number of anilines is 1. The third kappa shape index (κ3) is 4.74. The largest absolute Gasteiger partial charge is 0.326 e. The van der Waals surface area contributed by atoms with Gasteiger partial charge in [-0.3, -0.25) is 9.00 Å². The summed E-state index contributed by atoms with van der Waals surface area (Å²) < 4.78 is 11.1. The first-order chi connectivity index (χ1) is 7.22. The van der Waals surface area contributed by atoms with Crippen molar-refractivity contribution in [2.75, 3.05) is 16.8 Å². The van der Waals surface area contributed by atoms with Crippen LogP contribution in [0.25, 0.3) is 0 Å². The molecule has 0 aliphatic rings. The van der Waals surface area contributed by atoms with Crippen LogP contribution < -0.4 is 5.32 Å². The van der Waals surface area contributed by atoms with Gasteiger partial charge in [0.15, 0.2) is 0 Å². The topological polar surface area (TPSA) is 46.2 Å². The lowest BCUT2D eigenvalue weighted by Crippen LogP contribution is -2.15. The summed E-state index contributed by atoms with van der Waals surface area (Å²) in [6, 6.07) is 9.27. The predicted octanol–water partition coefficient (Wildman–Crippen LogP) is 1.78. The Morgan fingerprint density at radius 1 is 1.33 bits per heavy atom. The molecule has 0 spiro atoms. The van der Waals surface area contributed by atoms with E-state index < -0.39 is 10.8 Å². The first kappa shape index (κ1) is 11.9. The summed E-state index contributed by atoms with van der Waals surface area (Å²) in [6.07, 6.45) is 0.315. The van der Waals surface area contributed by atoms with Crippen LogP contribution in [0.3, 0.4) is 0 Å². The zero-order chi connectivity index (χ0) is 11.1. The molecule has 0 aliphatic heterocycles. The van der Waals surface area contributed by atoms with Crippen molar-refractivity contribution in [3.05, 3.63) is 30.3 Å². The summed E-state index contributed by atoms with van der Waals surface area (Å²) in [7, 11) is -0.866. The standard InChI is InChI=1S/C11H15NO2S/c1-2-15(14)9-8-11(13)12-10-6-4-3-5-7-10/h3-7H,2,8-9H2,1H3,(H,12,13). The number of hydrogen-bond acceptors (Lipinski definition) is 2. The Balaban J connectivity index is 2.34. The van der Waals surface area contributed by atoms with E-state index >= 15 is 0 Å². The Morgan fingerprint density at radius 2 is 2.00 bits per heavy atom. The Hall–Kier alpha value is -1.16. The van der Waals surface area contributed by atoms with Crippen molar-refractivity contribution in [1.82, 2.24) is 0 Å². The lowest BCUT2D eigenvalue weighted by molar-refractivity contribution is -0.115. The second-order valence-electron chi connectivity index (χ2n) is 3.10. The molecule has 0 aliphatic carbocycles. The van der Waals surface area contributed by atoms with E-state index in [-0.39, 0.29) is 5.91 Å². The van der Waals surface area contributed by atoms with Gasteiger partial charge in [0.05, 0.1) is 0 Å². The van der Waals surface area contributed by atoms with Gasteiger partial charge in [-0.15, -0.1) is 0 Å². The number of carbonyl (C=O) groups is 1. The molecule has 1 aromatic carbocycles. The van der Waals surface area contributed by atoms with Gasteiger partial charge in [-0.1, -0.05) is 25.1 Å². The Morgan fingerprint density at radius 3 is 2.60 bits per heavy atom. The number of amides is 1. The van der Waals surface area contributed by atoms with Crippen LogP contribution in [0.15, 0.2) is 30.3 Å². The zero-order valence-electron chi connectivity index (χ0n) is 8.73. The number of nitrogens with one attached hydrogen (secondary N) is 1. The van der Waals surface area contributed by atoms with Crippen molar-refractivity contribution >= 4 is 22.4 Å². The van der Waals surface area contributed by atoms with Crippen LogP contribution in [-0.2, 0) is 15.6 Å². The molecule has 1 rings (SSSR count). The monoisotopic (exact) mass is 225 g/mol. The summed E-state index contributed by atoms with van der Waals surface area (Å²) in [5.74, 6) is 0.969. The van der Waals surface area contributed by atoms with Gasteiger partial charge in [0.1, 0.15) is 0 Å². The van der Waals surface area contributed by atoms with Gasteiger partial charge in [0, 0.05) is 34.4 Å². The van der Waals surface area contributed by atoms with Crippen molar-refractivity contribution < 1.29 is 9.00 Å². The molecule has 0 aromatic heterocycles. The molecule has 15 heavy (non-hydrogen) atoms. The van der Waals surface area contributed by atoms with E-state index in [1.54, 1.807) is 0 Å². The molecule has 4 heteroatoms. The number of para-hydroxylation sites is 1. The minimum atomic E-state index is -0.866. The Kier molecular flexibility index (Phi) is 5.04. The van der Waals surface area contributed by atoms with Crippen LogP contribution in [0.5, 0.6) is 0 Å². The molecule has 0 bridgehead atoms. The predicted molar refractivity (Wildman–Crippen MR) is 63.2 cm³/mol. The summed E-state index contributed by atoms with van der Waals surface area (Å²) in [5, 5.41) is 2.75. The van der Waals surface area contributed by atoms with Gasteiger partial charge in [0.2, 0.25) is 5.91 Å². The molecule has 1 N–H and O–H groups in total. The molecule has 0 radical (unpaired) electrons. The Bertz CT molecular complexity index is 338. The fourth-order valence-corrected chi connectivity index (χ4v) is 1.80. The van der Waals surface area contributed by atoms with E-state index in [0.717, 1.165) is 5.69 Å². The van der Waals surface area contributed by atoms with Gasteiger partial charge < -0.3 is 5.32 Å². The second kappa shape index (κ2) is 6.35. The lowest BCUT2D eigenvalue weighted by Gasteiger charge is -2.03. The molecule has 0 heterocycles. The van der Waals surface area contributed by atoms with Crippen molar-refractivity contribution in [3.8, 4) is 0 Å². The van der Waals surface area contributed by atoms with Crippen LogP contribution in [0.1, 0.15) is 13.3 Å². The van der Waals surface area contributed by atoms with Gasteiger partial charge in [-0.05, 0) is 12.1 Å². The average Bonchev–Trinajstić information content (AvgIpc) is 2.27. The van der Waals surface area contributed by atoms with E-state index in [1.165, 1.54) is 0 Å². The van der Waals surface area contributed by atoms with E-state index in [0.29, 0.717) is 17.9 Å². The van der Waals surface area contributed by atoms with Crippen LogP contribution in [-0.4, -0.2) is 21.6 Å². The summed E-state index contributed by atoms with van der Waals surface area (Å²) in [4.78, 5) is 11.4. The highest BCUT2D eigenvalue weighted by Gasteiger charge is 2.04. The molecular formula is C11H15NO2S. The highest BCUT2D eigenvalue weighted by molar-refractivity contribution is 7.84. The fraction of sp³-hybridized carbons (Fsp3) is 0.364. The smallest absolute Gasteiger partial charge is 0.225 e. The zero-order valence-corrected chi connectivity index (χ0v) is 9.55. The van der Waals surface area contributed by atoms with Crippen molar-refractivity contribution in [2.45, 2.75) is 13.3 Å². The van der Waals surface area contributed by atoms with Crippen LogP contribution in [0.2, 0.25) is 0 Å². The third-order valence-electron chi connectivity index (χ3n) is 1.94. The highest BCUT2D eigenvalue weighted by Crippen LogP contribution is 2.05. The SMILES string of the molecule is CCS(=O)CCC(=O)Nc1ccccc1. The van der Waals surface area contributed by atoms with E-state index in [9.17, 15) is 9.00 Å². The molecule has 0 saturated heterocycles. The van der Waals surface area contributed by atoms with Crippen LogP contribution in [0, 0.1) is 0 Å².